The Balaban J connectivity index is 2.21. The van der Waals surface area contributed by atoms with Crippen LogP contribution in [-0.2, 0) is 9.84 Å². The standard InChI is InChI=1S/C12H12N4O3S2/c1-21(18,19)8-4-2-7(3-5-8)12(17)15-11-9(10(13)20)6-14-16-11/h2-6H,1H3,(H2,13,20)(H2,14,15,16,17). The quantitative estimate of drug-likeness (QED) is 0.713. The Morgan fingerprint density at radius 3 is 2.48 bits per heavy atom. The molecular formula is C12H12N4O3S2. The number of H-pyrrole nitrogens is 1. The summed E-state index contributed by atoms with van der Waals surface area (Å²) in [5.41, 5.74) is 6.21. The predicted octanol–water partition coefficient (Wildman–Crippen LogP) is 0.700. The van der Waals surface area contributed by atoms with Crippen molar-refractivity contribution in [3.8, 4) is 0 Å². The van der Waals surface area contributed by atoms with E-state index in [1.54, 1.807) is 0 Å². The number of aromatic amines is 1. The largest absolute Gasteiger partial charge is 0.389 e. The topological polar surface area (TPSA) is 118 Å². The summed E-state index contributed by atoms with van der Waals surface area (Å²) in [4.78, 5) is 12.3. The Labute approximate surface area is 126 Å². The number of aromatic nitrogens is 2. The molecule has 0 saturated heterocycles. The van der Waals surface area contributed by atoms with E-state index in [4.69, 9.17) is 18.0 Å². The highest BCUT2D eigenvalue weighted by atomic mass is 32.2. The fourth-order valence-corrected chi connectivity index (χ4v) is 2.39. The van der Waals surface area contributed by atoms with E-state index in [0.29, 0.717) is 16.9 Å². The Morgan fingerprint density at radius 1 is 1.33 bits per heavy atom. The molecule has 110 valence electrons. The van der Waals surface area contributed by atoms with Gasteiger partial charge in [-0.05, 0) is 24.3 Å². The predicted molar refractivity (Wildman–Crippen MR) is 82.0 cm³/mol. The summed E-state index contributed by atoms with van der Waals surface area (Å²) >= 11 is 4.83. The molecule has 21 heavy (non-hydrogen) atoms. The smallest absolute Gasteiger partial charge is 0.256 e. The van der Waals surface area contributed by atoms with Gasteiger partial charge in [0.25, 0.3) is 5.91 Å². The van der Waals surface area contributed by atoms with Gasteiger partial charge in [0.15, 0.2) is 9.84 Å². The maximum atomic E-state index is 12.1. The normalized spacial score (nSPS) is 11.1. The first-order valence-corrected chi connectivity index (χ1v) is 8.03. The molecule has 0 aliphatic rings. The van der Waals surface area contributed by atoms with Crippen LogP contribution in [0.1, 0.15) is 15.9 Å². The number of hydrogen-bond donors (Lipinski definition) is 3. The van der Waals surface area contributed by atoms with Crippen LogP contribution in [0.15, 0.2) is 35.4 Å². The van der Waals surface area contributed by atoms with E-state index in [1.165, 1.54) is 30.5 Å². The highest BCUT2D eigenvalue weighted by Gasteiger charge is 2.13. The number of benzene rings is 1. The number of amides is 1. The molecule has 7 nitrogen and oxygen atoms in total. The SMILES string of the molecule is CS(=O)(=O)c1ccc(C(=O)Nc2[nH]ncc2C(N)=S)cc1. The second-order valence-corrected chi connectivity index (χ2v) is 6.73. The van der Waals surface area contributed by atoms with Crippen LogP contribution in [0.4, 0.5) is 5.82 Å². The summed E-state index contributed by atoms with van der Waals surface area (Å²) in [5, 5.41) is 8.90. The zero-order valence-corrected chi connectivity index (χ0v) is 12.6. The van der Waals surface area contributed by atoms with E-state index >= 15 is 0 Å². The Morgan fingerprint density at radius 2 is 1.95 bits per heavy atom. The van der Waals surface area contributed by atoms with Gasteiger partial charge in [0.05, 0.1) is 16.7 Å². The van der Waals surface area contributed by atoms with Gasteiger partial charge in [-0.15, -0.1) is 0 Å². The van der Waals surface area contributed by atoms with E-state index in [0.717, 1.165) is 6.26 Å². The molecule has 0 bridgehead atoms. The number of nitrogens with zero attached hydrogens (tertiary/aromatic N) is 1. The summed E-state index contributed by atoms with van der Waals surface area (Å²) in [6.07, 6.45) is 2.51. The number of nitrogens with two attached hydrogens (primary N) is 1. The van der Waals surface area contributed by atoms with Crippen molar-refractivity contribution in [2.24, 2.45) is 5.73 Å². The molecule has 0 radical (unpaired) electrons. The maximum absolute atomic E-state index is 12.1. The zero-order valence-electron chi connectivity index (χ0n) is 11.0. The molecule has 9 heteroatoms. The first-order chi connectivity index (χ1) is 9.79. The van der Waals surface area contributed by atoms with Crippen LogP contribution in [0, 0.1) is 0 Å². The minimum Gasteiger partial charge on any atom is -0.389 e. The summed E-state index contributed by atoms with van der Waals surface area (Å²) in [6.45, 7) is 0. The van der Waals surface area contributed by atoms with Gasteiger partial charge in [-0.1, -0.05) is 12.2 Å². The third-order valence-electron chi connectivity index (χ3n) is 2.69. The van der Waals surface area contributed by atoms with E-state index in [2.05, 4.69) is 15.5 Å². The number of sulfone groups is 1. The lowest BCUT2D eigenvalue weighted by Gasteiger charge is -2.05. The van der Waals surface area contributed by atoms with Crippen LogP contribution in [0.2, 0.25) is 0 Å². The Hall–Kier alpha value is -2.26. The van der Waals surface area contributed by atoms with Gasteiger partial charge in [0, 0.05) is 11.8 Å². The summed E-state index contributed by atoms with van der Waals surface area (Å²) in [7, 11) is -3.29. The molecule has 0 spiro atoms. The lowest BCUT2D eigenvalue weighted by molar-refractivity contribution is 0.102. The van der Waals surface area contributed by atoms with Crippen LogP contribution in [0.5, 0.6) is 0 Å². The molecule has 0 unspecified atom stereocenters. The monoisotopic (exact) mass is 324 g/mol. The van der Waals surface area contributed by atoms with E-state index in [1.807, 2.05) is 0 Å². The first-order valence-electron chi connectivity index (χ1n) is 5.73. The highest BCUT2D eigenvalue weighted by molar-refractivity contribution is 7.90. The number of anilines is 1. The number of thiocarbonyl (C=S) groups is 1. The summed E-state index contributed by atoms with van der Waals surface area (Å²) < 4.78 is 22.7. The third-order valence-corrected chi connectivity index (χ3v) is 4.04. The van der Waals surface area contributed by atoms with Crippen molar-refractivity contribution in [2.45, 2.75) is 4.90 Å². The molecule has 2 rings (SSSR count). The van der Waals surface area contributed by atoms with Crippen molar-refractivity contribution in [3.63, 3.8) is 0 Å². The van der Waals surface area contributed by atoms with E-state index in [9.17, 15) is 13.2 Å². The van der Waals surface area contributed by atoms with Crippen LogP contribution < -0.4 is 11.1 Å². The van der Waals surface area contributed by atoms with Gasteiger partial charge in [-0.25, -0.2) is 8.42 Å². The zero-order chi connectivity index (χ0) is 15.6. The van der Waals surface area contributed by atoms with Crippen LogP contribution in [-0.4, -0.2) is 35.8 Å². The molecule has 0 saturated carbocycles. The lowest BCUT2D eigenvalue weighted by Crippen LogP contribution is -2.17. The number of carbonyl (C=O) groups excluding carboxylic acids is 1. The lowest BCUT2D eigenvalue weighted by atomic mass is 10.2. The summed E-state index contributed by atoms with van der Waals surface area (Å²) in [5.74, 6) is -0.142. The van der Waals surface area contributed by atoms with Gasteiger partial charge in [0.1, 0.15) is 10.8 Å². The van der Waals surface area contributed by atoms with Gasteiger partial charge in [-0.3, -0.25) is 9.89 Å². The van der Waals surface area contributed by atoms with Crippen molar-refractivity contribution in [1.29, 1.82) is 0 Å². The molecular weight excluding hydrogens is 312 g/mol. The second kappa shape index (κ2) is 5.62. The van der Waals surface area contributed by atoms with Crippen molar-refractivity contribution in [3.05, 3.63) is 41.6 Å². The molecule has 4 N–H and O–H groups in total. The van der Waals surface area contributed by atoms with Crippen molar-refractivity contribution in [1.82, 2.24) is 10.2 Å². The first kappa shape index (κ1) is 15.1. The average molecular weight is 324 g/mol. The van der Waals surface area contributed by atoms with Crippen LogP contribution >= 0.6 is 12.2 Å². The second-order valence-electron chi connectivity index (χ2n) is 4.27. The molecule has 1 heterocycles. The van der Waals surface area contributed by atoms with Crippen molar-refractivity contribution in [2.75, 3.05) is 11.6 Å². The van der Waals surface area contributed by atoms with Crippen molar-refractivity contribution < 1.29 is 13.2 Å². The number of rotatable bonds is 4. The molecule has 2 aromatic rings. The molecule has 1 aromatic carbocycles. The van der Waals surface area contributed by atoms with Gasteiger partial charge in [0.2, 0.25) is 0 Å². The van der Waals surface area contributed by atoms with Crippen LogP contribution in [0.3, 0.4) is 0 Å². The number of carbonyl (C=O) groups is 1. The number of hydrogen-bond acceptors (Lipinski definition) is 5. The third kappa shape index (κ3) is 3.44. The Bertz CT molecular complexity index is 794. The van der Waals surface area contributed by atoms with Gasteiger partial charge < -0.3 is 11.1 Å². The number of nitrogens with one attached hydrogen (secondary N) is 2. The average Bonchev–Trinajstić information content (AvgIpc) is 2.86. The molecule has 0 aliphatic heterocycles. The highest BCUT2D eigenvalue weighted by Crippen LogP contribution is 2.14. The molecule has 0 aliphatic carbocycles. The van der Waals surface area contributed by atoms with Crippen LogP contribution in [0.25, 0.3) is 0 Å². The van der Waals surface area contributed by atoms with E-state index in [-0.39, 0.29) is 9.88 Å². The van der Waals surface area contributed by atoms with Gasteiger partial charge >= 0.3 is 0 Å². The Kier molecular flexibility index (Phi) is 4.05. The fraction of sp³-hybridized carbons (Fsp3) is 0.0833. The molecule has 0 atom stereocenters. The molecule has 1 amide bonds. The molecule has 1 aromatic heterocycles. The fourth-order valence-electron chi connectivity index (χ4n) is 1.61. The van der Waals surface area contributed by atoms with Gasteiger partial charge in [-0.2, -0.15) is 5.10 Å². The van der Waals surface area contributed by atoms with Crippen molar-refractivity contribution >= 4 is 38.8 Å². The maximum Gasteiger partial charge on any atom is 0.256 e. The van der Waals surface area contributed by atoms with E-state index < -0.39 is 15.7 Å². The minimum absolute atomic E-state index is 0.103. The molecule has 0 fully saturated rings. The summed E-state index contributed by atoms with van der Waals surface area (Å²) in [6, 6.07) is 5.57. The minimum atomic E-state index is -3.29.